The summed E-state index contributed by atoms with van der Waals surface area (Å²) in [6.45, 7) is 10.5. The molecule has 0 N–H and O–H groups in total. The standard InChI is InChI=1S/C22H29N3O/c1-3-24(4-2)20-10-8-17(9-11-20)13-23-14-18-12-19(16-23)21-6-5-7-22(26)25(21)15-18/h5-11,18-19H,3-4,12-16H2,1-2H3/t18-,19+/m1/s1. The van der Waals surface area contributed by atoms with Crippen LogP contribution in [0.2, 0.25) is 0 Å². The number of rotatable bonds is 5. The van der Waals surface area contributed by atoms with Gasteiger partial charge in [0.05, 0.1) is 0 Å². The Labute approximate surface area is 156 Å². The Morgan fingerprint density at radius 2 is 1.77 bits per heavy atom. The van der Waals surface area contributed by atoms with Crippen LogP contribution in [0.3, 0.4) is 0 Å². The van der Waals surface area contributed by atoms with Gasteiger partial charge in [0, 0.05) is 62.6 Å². The first-order valence-electron chi connectivity index (χ1n) is 9.94. The molecule has 1 aromatic heterocycles. The number of hydrogen-bond donors (Lipinski definition) is 0. The number of anilines is 1. The van der Waals surface area contributed by atoms with Gasteiger partial charge in [-0.2, -0.15) is 0 Å². The largest absolute Gasteiger partial charge is 0.372 e. The third kappa shape index (κ3) is 3.30. The van der Waals surface area contributed by atoms with Crippen LogP contribution in [0.25, 0.3) is 0 Å². The summed E-state index contributed by atoms with van der Waals surface area (Å²) in [6, 6.07) is 14.8. The van der Waals surface area contributed by atoms with Gasteiger partial charge in [-0.3, -0.25) is 9.69 Å². The van der Waals surface area contributed by atoms with Crippen molar-refractivity contribution in [2.24, 2.45) is 5.92 Å². The summed E-state index contributed by atoms with van der Waals surface area (Å²) in [5.74, 6) is 1.09. The molecule has 3 heterocycles. The number of hydrogen-bond acceptors (Lipinski definition) is 3. The van der Waals surface area contributed by atoms with E-state index >= 15 is 0 Å². The average molecular weight is 351 g/mol. The van der Waals surface area contributed by atoms with Crippen LogP contribution in [0.15, 0.2) is 47.3 Å². The summed E-state index contributed by atoms with van der Waals surface area (Å²) < 4.78 is 2.01. The molecule has 4 nitrogen and oxygen atoms in total. The number of nitrogens with zero attached hydrogens (tertiary/aromatic N) is 3. The van der Waals surface area contributed by atoms with Gasteiger partial charge in [0.1, 0.15) is 0 Å². The van der Waals surface area contributed by atoms with Crippen LogP contribution in [0.1, 0.15) is 37.4 Å². The van der Waals surface area contributed by atoms with Crippen LogP contribution in [-0.4, -0.2) is 35.6 Å². The van der Waals surface area contributed by atoms with Gasteiger partial charge in [-0.25, -0.2) is 0 Å². The van der Waals surface area contributed by atoms with E-state index in [2.05, 4.69) is 54.0 Å². The fraction of sp³-hybridized carbons (Fsp3) is 0.500. The maximum absolute atomic E-state index is 12.1. The van der Waals surface area contributed by atoms with Crippen molar-refractivity contribution < 1.29 is 0 Å². The zero-order valence-electron chi connectivity index (χ0n) is 15.9. The molecule has 0 aliphatic carbocycles. The van der Waals surface area contributed by atoms with E-state index < -0.39 is 0 Å². The summed E-state index contributed by atoms with van der Waals surface area (Å²) in [7, 11) is 0. The SMILES string of the molecule is CCN(CC)c1ccc(CN2C[C@H]3C[C@@H](C2)c2cccc(=O)n2C3)cc1. The summed E-state index contributed by atoms with van der Waals surface area (Å²) in [6.07, 6.45) is 1.22. The molecule has 0 saturated carbocycles. The Morgan fingerprint density at radius 1 is 1.00 bits per heavy atom. The van der Waals surface area contributed by atoms with Crippen LogP contribution in [0, 0.1) is 5.92 Å². The van der Waals surface area contributed by atoms with Gasteiger partial charge >= 0.3 is 0 Å². The number of benzene rings is 1. The quantitative estimate of drug-likeness (QED) is 0.827. The van der Waals surface area contributed by atoms with Crippen molar-refractivity contribution in [1.82, 2.24) is 9.47 Å². The van der Waals surface area contributed by atoms with Gasteiger partial charge in [0.2, 0.25) is 0 Å². The topological polar surface area (TPSA) is 28.5 Å². The minimum atomic E-state index is 0.164. The van der Waals surface area contributed by atoms with Crippen LogP contribution >= 0.6 is 0 Å². The first kappa shape index (κ1) is 17.3. The monoisotopic (exact) mass is 351 g/mol. The molecule has 2 bridgehead atoms. The highest BCUT2D eigenvalue weighted by molar-refractivity contribution is 5.47. The number of aromatic nitrogens is 1. The molecule has 26 heavy (non-hydrogen) atoms. The van der Waals surface area contributed by atoms with Crippen LogP contribution < -0.4 is 10.5 Å². The maximum atomic E-state index is 12.1. The number of pyridine rings is 1. The van der Waals surface area contributed by atoms with E-state index in [4.69, 9.17) is 0 Å². The Hall–Kier alpha value is -2.07. The molecule has 2 aromatic rings. The molecule has 0 radical (unpaired) electrons. The summed E-state index contributed by atoms with van der Waals surface area (Å²) >= 11 is 0. The molecule has 1 saturated heterocycles. The first-order chi connectivity index (χ1) is 12.7. The minimum Gasteiger partial charge on any atom is -0.372 e. The number of likely N-dealkylation sites (tertiary alicyclic amines) is 1. The highest BCUT2D eigenvalue weighted by Crippen LogP contribution is 2.35. The number of piperidine rings is 1. The van der Waals surface area contributed by atoms with Gasteiger partial charge in [-0.15, -0.1) is 0 Å². The lowest BCUT2D eigenvalue weighted by molar-refractivity contribution is 0.114. The molecular weight excluding hydrogens is 322 g/mol. The summed E-state index contributed by atoms with van der Waals surface area (Å²) in [5.41, 5.74) is 4.09. The van der Waals surface area contributed by atoms with Crippen molar-refractivity contribution in [3.63, 3.8) is 0 Å². The molecule has 2 aliphatic rings. The van der Waals surface area contributed by atoms with E-state index in [-0.39, 0.29) is 5.56 Å². The smallest absolute Gasteiger partial charge is 0.250 e. The first-order valence-corrected chi connectivity index (χ1v) is 9.94. The Bertz CT molecular complexity index is 807. The molecule has 1 fully saturated rings. The van der Waals surface area contributed by atoms with Crippen molar-refractivity contribution >= 4 is 5.69 Å². The second-order valence-corrected chi connectivity index (χ2v) is 7.73. The van der Waals surface area contributed by atoms with Crippen molar-refractivity contribution in [2.45, 2.75) is 39.3 Å². The highest BCUT2D eigenvalue weighted by atomic mass is 16.1. The zero-order chi connectivity index (χ0) is 18.1. The summed E-state index contributed by atoms with van der Waals surface area (Å²) in [4.78, 5) is 17.1. The predicted octanol–water partition coefficient (Wildman–Crippen LogP) is 3.31. The van der Waals surface area contributed by atoms with Gasteiger partial charge in [-0.05, 0) is 49.9 Å². The van der Waals surface area contributed by atoms with Crippen LogP contribution in [0.5, 0.6) is 0 Å². The molecule has 138 valence electrons. The van der Waals surface area contributed by atoms with Gasteiger partial charge in [0.15, 0.2) is 0 Å². The van der Waals surface area contributed by atoms with E-state index in [1.54, 1.807) is 6.07 Å². The van der Waals surface area contributed by atoms with Crippen LogP contribution in [-0.2, 0) is 13.1 Å². The van der Waals surface area contributed by atoms with Crippen molar-refractivity contribution in [3.05, 3.63) is 64.1 Å². The second-order valence-electron chi connectivity index (χ2n) is 7.73. The predicted molar refractivity (Wildman–Crippen MR) is 107 cm³/mol. The molecule has 2 atom stereocenters. The Morgan fingerprint density at radius 3 is 2.50 bits per heavy atom. The molecule has 4 rings (SSSR count). The average Bonchev–Trinajstić information content (AvgIpc) is 2.65. The number of fused-ring (bicyclic) bond motifs is 4. The molecule has 2 aliphatic heterocycles. The van der Waals surface area contributed by atoms with Crippen LogP contribution in [0.4, 0.5) is 5.69 Å². The molecule has 4 heteroatoms. The van der Waals surface area contributed by atoms with Crippen molar-refractivity contribution in [1.29, 1.82) is 0 Å². The van der Waals surface area contributed by atoms with Gasteiger partial charge < -0.3 is 9.47 Å². The molecule has 0 unspecified atom stereocenters. The van der Waals surface area contributed by atoms with Crippen molar-refractivity contribution in [2.75, 3.05) is 31.1 Å². The summed E-state index contributed by atoms with van der Waals surface area (Å²) in [5, 5.41) is 0. The molecule has 1 aromatic carbocycles. The lowest BCUT2D eigenvalue weighted by Gasteiger charge is -2.42. The van der Waals surface area contributed by atoms with E-state index in [0.717, 1.165) is 39.3 Å². The molecule has 0 spiro atoms. The van der Waals surface area contributed by atoms with E-state index in [1.807, 2.05) is 10.6 Å². The third-order valence-electron chi connectivity index (χ3n) is 6.03. The highest BCUT2D eigenvalue weighted by Gasteiger charge is 2.34. The molecular formula is C22H29N3O. The normalized spacial score (nSPS) is 22.1. The van der Waals surface area contributed by atoms with Gasteiger partial charge in [-0.1, -0.05) is 18.2 Å². The zero-order valence-corrected chi connectivity index (χ0v) is 15.9. The van der Waals surface area contributed by atoms with Gasteiger partial charge in [0.25, 0.3) is 5.56 Å². The fourth-order valence-electron chi connectivity index (χ4n) is 4.78. The van der Waals surface area contributed by atoms with E-state index in [9.17, 15) is 4.79 Å². The fourth-order valence-corrected chi connectivity index (χ4v) is 4.78. The van der Waals surface area contributed by atoms with E-state index in [1.165, 1.54) is 23.4 Å². The second kappa shape index (κ2) is 7.28. The Kier molecular flexibility index (Phi) is 4.86. The van der Waals surface area contributed by atoms with E-state index in [0.29, 0.717) is 11.8 Å². The lowest BCUT2D eigenvalue weighted by atomic mass is 9.83. The molecule has 0 amide bonds. The Balaban J connectivity index is 1.47. The lowest BCUT2D eigenvalue weighted by Crippen LogP contribution is -2.46. The maximum Gasteiger partial charge on any atom is 0.250 e. The van der Waals surface area contributed by atoms with Crippen molar-refractivity contribution in [3.8, 4) is 0 Å². The minimum absolute atomic E-state index is 0.164. The third-order valence-corrected chi connectivity index (χ3v) is 6.03.